The van der Waals surface area contributed by atoms with Crippen molar-refractivity contribution >= 4 is 0 Å². The molecule has 1 heterocycles. The zero-order valence-electron chi connectivity index (χ0n) is 12.1. The Labute approximate surface area is 134 Å². The molecule has 1 aromatic rings. The summed E-state index contributed by atoms with van der Waals surface area (Å²) >= 11 is 0. The van der Waals surface area contributed by atoms with Crippen LogP contribution in [-0.4, -0.2) is 33.8 Å². The fourth-order valence-electron chi connectivity index (χ4n) is 2.53. The quantitative estimate of drug-likeness (QED) is 0.631. The molecule has 0 amide bonds. The van der Waals surface area contributed by atoms with Crippen LogP contribution in [0, 0.1) is 0 Å². The molecule has 4 nitrogen and oxygen atoms in total. The molecular formula is C12H11F9N2O2. The normalized spacial score (nSPS) is 23.6. The summed E-state index contributed by atoms with van der Waals surface area (Å²) in [6.07, 6.45) is -17.8. The first-order valence-electron chi connectivity index (χ1n) is 6.82. The molecule has 0 spiro atoms. The molecule has 1 aromatic heterocycles. The maximum Gasteiger partial charge on any atom is 0.522 e. The van der Waals surface area contributed by atoms with Gasteiger partial charge in [-0.25, -0.2) is 13.2 Å². The van der Waals surface area contributed by atoms with Gasteiger partial charge in [0.05, 0.1) is 18.7 Å². The minimum absolute atomic E-state index is 0.348. The van der Waals surface area contributed by atoms with Gasteiger partial charge in [0, 0.05) is 12.1 Å². The number of nitrogens with zero attached hydrogens (tertiary/aromatic N) is 2. The first-order chi connectivity index (χ1) is 11.2. The lowest BCUT2D eigenvalue weighted by Crippen LogP contribution is -2.34. The second-order valence-corrected chi connectivity index (χ2v) is 5.35. The van der Waals surface area contributed by atoms with Crippen LogP contribution in [0.4, 0.5) is 39.5 Å². The number of alkyl halides is 9. The van der Waals surface area contributed by atoms with Gasteiger partial charge in [-0.3, -0.25) is 9.42 Å². The highest BCUT2D eigenvalue weighted by molar-refractivity contribution is 5.36. The van der Waals surface area contributed by atoms with E-state index in [4.69, 9.17) is 0 Å². The van der Waals surface area contributed by atoms with E-state index >= 15 is 0 Å². The molecule has 1 aliphatic rings. The van der Waals surface area contributed by atoms with Crippen molar-refractivity contribution in [3.05, 3.63) is 17.0 Å². The minimum Gasteiger partial charge on any atom is -0.382 e. The Kier molecular flexibility index (Phi) is 5.03. The Morgan fingerprint density at radius 2 is 1.80 bits per heavy atom. The number of fused-ring (bicyclic) bond motifs is 1. The largest absolute Gasteiger partial charge is 0.522 e. The smallest absolute Gasteiger partial charge is 0.382 e. The van der Waals surface area contributed by atoms with Crippen molar-refractivity contribution in [2.75, 3.05) is 6.61 Å². The van der Waals surface area contributed by atoms with Crippen molar-refractivity contribution in [3.63, 3.8) is 0 Å². The number of aryl methyl sites for hydroxylation is 1. The average Bonchev–Trinajstić information content (AvgIpc) is 2.79. The van der Waals surface area contributed by atoms with Gasteiger partial charge in [0.15, 0.2) is 5.69 Å². The van der Waals surface area contributed by atoms with Gasteiger partial charge in [0.25, 0.3) is 5.92 Å². The van der Waals surface area contributed by atoms with Crippen molar-refractivity contribution in [3.8, 4) is 0 Å². The van der Waals surface area contributed by atoms with Gasteiger partial charge < -0.3 is 5.11 Å². The van der Waals surface area contributed by atoms with Crippen LogP contribution in [-0.2, 0) is 17.5 Å². The molecule has 25 heavy (non-hydrogen) atoms. The molecule has 2 atom stereocenters. The topological polar surface area (TPSA) is 47.3 Å². The summed E-state index contributed by atoms with van der Waals surface area (Å²) in [6.45, 7) is -1.59. The van der Waals surface area contributed by atoms with Gasteiger partial charge in [-0.1, -0.05) is 0 Å². The third-order valence-corrected chi connectivity index (χ3v) is 3.50. The number of hydrogen-bond donors (Lipinski definition) is 1. The van der Waals surface area contributed by atoms with Gasteiger partial charge in [0.2, 0.25) is 0 Å². The average molecular weight is 386 g/mol. The highest BCUT2D eigenvalue weighted by atomic mass is 19.4. The van der Waals surface area contributed by atoms with E-state index in [-0.39, 0.29) is 0 Å². The van der Waals surface area contributed by atoms with Gasteiger partial charge in [-0.2, -0.15) is 18.3 Å². The number of halogens is 9. The molecule has 0 bridgehead atoms. The SMILES string of the molecule is O[C@H]1c2c(C(F)(F)F)nn(CCCOC(F)(F)F)c2[C@H](F)CC1(F)F. The first-order valence-corrected chi connectivity index (χ1v) is 6.82. The fourth-order valence-corrected chi connectivity index (χ4v) is 2.53. The summed E-state index contributed by atoms with van der Waals surface area (Å²) in [5.74, 6) is -4.14. The van der Waals surface area contributed by atoms with Crippen LogP contribution in [0.1, 0.15) is 42.1 Å². The van der Waals surface area contributed by atoms with Crippen LogP contribution in [0.5, 0.6) is 0 Å². The molecule has 0 radical (unpaired) electrons. The predicted molar refractivity (Wildman–Crippen MR) is 62.2 cm³/mol. The molecule has 1 aliphatic carbocycles. The van der Waals surface area contributed by atoms with Crippen LogP contribution in [0.25, 0.3) is 0 Å². The molecule has 0 saturated heterocycles. The number of hydrogen-bond acceptors (Lipinski definition) is 3. The summed E-state index contributed by atoms with van der Waals surface area (Å²) in [6, 6.07) is 0. The monoisotopic (exact) mass is 386 g/mol. The summed E-state index contributed by atoms with van der Waals surface area (Å²) in [4.78, 5) is 0. The molecule has 0 aromatic carbocycles. The Hall–Kier alpha value is -1.50. The number of aliphatic hydroxyl groups excluding tert-OH is 1. The van der Waals surface area contributed by atoms with Crippen molar-refractivity contribution in [2.24, 2.45) is 0 Å². The van der Waals surface area contributed by atoms with Crippen LogP contribution in [0.2, 0.25) is 0 Å². The van der Waals surface area contributed by atoms with Gasteiger partial charge >= 0.3 is 12.5 Å². The van der Waals surface area contributed by atoms with Crippen molar-refractivity contribution in [1.29, 1.82) is 0 Å². The van der Waals surface area contributed by atoms with Gasteiger partial charge in [-0.15, -0.1) is 13.2 Å². The lowest BCUT2D eigenvalue weighted by atomic mass is 9.88. The molecule has 0 saturated carbocycles. The highest BCUT2D eigenvalue weighted by Crippen LogP contribution is 2.51. The third kappa shape index (κ3) is 4.19. The predicted octanol–water partition coefficient (Wildman–Crippen LogP) is 3.91. The van der Waals surface area contributed by atoms with E-state index in [0.717, 1.165) is 0 Å². The Morgan fingerprint density at radius 1 is 1.20 bits per heavy atom. The molecular weight excluding hydrogens is 375 g/mol. The zero-order chi connectivity index (χ0) is 19.2. The number of rotatable bonds is 4. The van der Waals surface area contributed by atoms with E-state index in [1.54, 1.807) is 0 Å². The van der Waals surface area contributed by atoms with E-state index in [2.05, 4.69) is 9.84 Å². The van der Waals surface area contributed by atoms with E-state index < -0.39 is 73.7 Å². The fraction of sp³-hybridized carbons (Fsp3) is 0.750. The van der Waals surface area contributed by atoms with E-state index in [0.29, 0.717) is 4.68 Å². The highest BCUT2D eigenvalue weighted by Gasteiger charge is 2.54. The summed E-state index contributed by atoms with van der Waals surface area (Å²) < 4.78 is 119. The Bertz CT molecular complexity index is 623. The van der Waals surface area contributed by atoms with Crippen molar-refractivity contribution in [1.82, 2.24) is 9.78 Å². The maximum atomic E-state index is 14.0. The number of aliphatic hydroxyl groups is 1. The molecule has 0 fully saturated rings. The van der Waals surface area contributed by atoms with Crippen LogP contribution >= 0.6 is 0 Å². The number of aromatic nitrogens is 2. The second kappa shape index (κ2) is 6.34. The van der Waals surface area contributed by atoms with Crippen molar-refractivity contribution < 1.29 is 49.4 Å². The van der Waals surface area contributed by atoms with Gasteiger partial charge in [0.1, 0.15) is 12.3 Å². The van der Waals surface area contributed by atoms with Crippen LogP contribution in [0.15, 0.2) is 0 Å². The third-order valence-electron chi connectivity index (χ3n) is 3.50. The number of ether oxygens (including phenoxy) is 1. The standard InChI is InChI=1S/C12H11F9N2O2/c13-5-4-10(14,15)9(24)6-7(5)23(22-8(6)11(16,17)18)2-1-3-25-12(19,20)21/h5,9,24H,1-4H2/t5-,9+/m1/s1. The lowest BCUT2D eigenvalue weighted by molar-refractivity contribution is -0.324. The first kappa shape index (κ1) is 19.8. The molecule has 144 valence electrons. The van der Waals surface area contributed by atoms with Crippen LogP contribution < -0.4 is 0 Å². The summed E-state index contributed by atoms with van der Waals surface area (Å²) in [7, 11) is 0. The Balaban J connectivity index is 2.34. The Morgan fingerprint density at radius 3 is 2.32 bits per heavy atom. The molecule has 1 N–H and O–H groups in total. The lowest BCUT2D eigenvalue weighted by Gasteiger charge is -2.30. The maximum absolute atomic E-state index is 14.0. The minimum atomic E-state index is -5.26. The summed E-state index contributed by atoms with van der Waals surface area (Å²) in [5.41, 5.74) is -4.21. The van der Waals surface area contributed by atoms with E-state index in [1.165, 1.54) is 0 Å². The van der Waals surface area contributed by atoms with Crippen molar-refractivity contribution in [2.45, 2.75) is 50.1 Å². The van der Waals surface area contributed by atoms with E-state index in [9.17, 15) is 44.6 Å². The molecule has 2 rings (SSSR count). The summed E-state index contributed by atoms with van der Waals surface area (Å²) in [5, 5.41) is 12.5. The molecule has 13 heteroatoms. The zero-order valence-corrected chi connectivity index (χ0v) is 12.1. The molecule has 0 aliphatic heterocycles. The van der Waals surface area contributed by atoms with E-state index in [1.807, 2.05) is 0 Å². The molecule has 0 unspecified atom stereocenters. The van der Waals surface area contributed by atoms with Crippen LogP contribution in [0.3, 0.4) is 0 Å². The second-order valence-electron chi connectivity index (χ2n) is 5.35. The van der Waals surface area contributed by atoms with Gasteiger partial charge in [-0.05, 0) is 6.42 Å².